The highest BCUT2D eigenvalue weighted by Crippen LogP contribution is 2.23. The van der Waals surface area contributed by atoms with Crippen LogP contribution in [0.5, 0.6) is 0 Å². The molecular formula is C23H18ClN3O5S. The van der Waals surface area contributed by atoms with Crippen LogP contribution in [-0.2, 0) is 16.1 Å². The van der Waals surface area contributed by atoms with Crippen LogP contribution in [0.25, 0.3) is 15.9 Å². The molecule has 4 rings (SSSR count). The second kappa shape index (κ2) is 9.05. The number of anilines is 1. The molecule has 0 saturated carbocycles. The normalized spacial score (nSPS) is 10.9. The first-order valence-corrected chi connectivity index (χ1v) is 11.0. The number of aryl methyl sites for hydroxylation is 1. The van der Waals surface area contributed by atoms with Crippen molar-refractivity contribution in [3.8, 4) is 5.69 Å². The van der Waals surface area contributed by atoms with Crippen molar-refractivity contribution in [1.82, 2.24) is 9.13 Å². The van der Waals surface area contributed by atoms with Gasteiger partial charge in [-0.3, -0.25) is 14.2 Å². The monoisotopic (exact) mass is 483 g/mol. The fourth-order valence-electron chi connectivity index (χ4n) is 3.47. The lowest BCUT2D eigenvalue weighted by molar-refractivity contribution is -0.116. The molecule has 0 fully saturated rings. The van der Waals surface area contributed by atoms with E-state index in [1.807, 2.05) is 6.92 Å². The summed E-state index contributed by atoms with van der Waals surface area (Å²) in [5, 5.41) is 3.34. The number of carbonyl (C=O) groups excluding carboxylic acids is 2. The van der Waals surface area contributed by atoms with E-state index < -0.39 is 23.1 Å². The lowest BCUT2D eigenvalue weighted by atomic mass is 10.2. The summed E-state index contributed by atoms with van der Waals surface area (Å²) >= 11 is 7.31. The van der Waals surface area contributed by atoms with Gasteiger partial charge in [0.2, 0.25) is 5.91 Å². The van der Waals surface area contributed by atoms with Crippen molar-refractivity contribution in [2.24, 2.45) is 0 Å². The Morgan fingerprint density at radius 2 is 1.85 bits per heavy atom. The van der Waals surface area contributed by atoms with Crippen LogP contribution in [0.1, 0.15) is 15.2 Å². The number of nitrogens with zero attached hydrogens (tertiary/aromatic N) is 2. The highest BCUT2D eigenvalue weighted by atomic mass is 35.5. The third-order valence-corrected chi connectivity index (χ3v) is 6.22. The number of hydrogen-bond donors (Lipinski definition) is 1. The van der Waals surface area contributed by atoms with Crippen LogP contribution in [0.3, 0.4) is 0 Å². The molecule has 33 heavy (non-hydrogen) atoms. The molecule has 2 heterocycles. The summed E-state index contributed by atoms with van der Waals surface area (Å²) in [6, 6.07) is 14.4. The number of ether oxygens (including phenoxy) is 1. The average molecular weight is 484 g/mol. The van der Waals surface area contributed by atoms with Gasteiger partial charge in [0, 0.05) is 9.90 Å². The Morgan fingerprint density at radius 1 is 1.09 bits per heavy atom. The summed E-state index contributed by atoms with van der Waals surface area (Å²) in [4.78, 5) is 52.6. The van der Waals surface area contributed by atoms with Gasteiger partial charge in [-0.05, 0) is 43.3 Å². The van der Waals surface area contributed by atoms with Gasteiger partial charge in [0.05, 0.1) is 29.4 Å². The molecule has 0 saturated heterocycles. The summed E-state index contributed by atoms with van der Waals surface area (Å²) in [6.07, 6.45) is 0. The third-order valence-electron chi connectivity index (χ3n) is 4.91. The average Bonchev–Trinajstić information content (AvgIpc) is 3.18. The maximum atomic E-state index is 13.4. The smallest absolute Gasteiger partial charge is 0.339 e. The van der Waals surface area contributed by atoms with E-state index in [4.69, 9.17) is 16.3 Å². The zero-order valence-corrected chi connectivity index (χ0v) is 19.2. The summed E-state index contributed by atoms with van der Waals surface area (Å²) in [6.45, 7) is 1.45. The first-order chi connectivity index (χ1) is 15.8. The van der Waals surface area contributed by atoms with Crippen LogP contribution in [0.2, 0.25) is 5.02 Å². The minimum absolute atomic E-state index is 0.182. The SMILES string of the molecule is COC(=O)c1ccccc1NC(=O)Cn1c(=O)n(-c2cccc(Cl)c2)c(=O)c2cc(C)sc21. The second-order valence-electron chi connectivity index (χ2n) is 7.15. The molecule has 1 amide bonds. The number of thiophene rings is 1. The van der Waals surface area contributed by atoms with Gasteiger partial charge in [0.15, 0.2) is 0 Å². The maximum absolute atomic E-state index is 13.4. The molecule has 4 aromatic rings. The number of rotatable bonds is 5. The highest BCUT2D eigenvalue weighted by molar-refractivity contribution is 7.18. The van der Waals surface area contributed by atoms with Gasteiger partial charge in [-0.25, -0.2) is 14.2 Å². The van der Waals surface area contributed by atoms with Crippen molar-refractivity contribution in [3.63, 3.8) is 0 Å². The number of aromatic nitrogens is 2. The van der Waals surface area contributed by atoms with Crippen molar-refractivity contribution in [2.75, 3.05) is 12.4 Å². The van der Waals surface area contributed by atoms with Crippen LogP contribution in [-0.4, -0.2) is 28.1 Å². The van der Waals surface area contributed by atoms with Gasteiger partial charge in [0.25, 0.3) is 5.56 Å². The van der Waals surface area contributed by atoms with E-state index in [0.29, 0.717) is 20.9 Å². The number of hydrogen-bond acceptors (Lipinski definition) is 6. The Hall–Kier alpha value is -3.69. The number of carbonyl (C=O) groups is 2. The van der Waals surface area contributed by atoms with Crippen molar-refractivity contribution < 1.29 is 14.3 Å². The predicted octanol–water partition coefficient (Wildman–Crippen LogP) is 3.60. The van der Waals surface area contributed by atoms with Crippen LogP contribution in [0.15, 0.2) is 64.2 Å². The molecule has 2 aromatic carbocycles. The lowest BCUT2D eigenvalue weighted by Crippen LogP contribution is -2.40. The fourth-order valence-corrected chi connectivity index (χ4v) is 4.64. The molecule has 0 bridgehead atoms. The molecule has 0 atom stereocenters. The number of esters is 1. The number of fused-ring (bicyclic) bond motifs is 1. The Morgan fingerprint density at radius 3 is 2.58 bits per heavy atom. The zero-order chi connectivity index (χ0) is 23.7. The number of benzene rings is 2. The Kier molecular flexibility index (Phi) is 6.17. The van der Waals surface area contributed by atoms with E-state index in [-0.39, 0.29) is 17.8 Å². The van der Waals surface area contributed by atoms with Gasteiger partial charge in [-0.15, -0.1) is 11.3 Å². The summed E-state index contributed by atoms with van der Waals surface area (Å²) in [5.74, 6) is -1.15. The molecule has 2 aromatic heterocycles. The molecule has 0 radical (unpaired) electrons. The van der Waals surface area contributed by atoms with Crippen molar-refractivity contribution in [2.45, 2.75) is 13.5 Å². The summed E-state index contributed by atoms with van der Waals surface area (Å²) in [5.41, 5.74) is -0.429. The van der Waals surface area contributed by atoms with E-state index in [1.165, 1.54) is 35.1 Å². The van der Waals surface area contributed by atoms with Gasteiger partial charge in [0.1, 0.15) is 11.4 Å². The molecule has 0 unspecified atom stereocenters. The molecular weight excluding hydrogens is 466 g/mol. The van der Waals surface area contributed by atoms with Gasteiger partial charge >= 0.3 is 11.7 Å². The zero-order valence-electron chi connectivity index (χ0n) is 17.6. The Balaban J connectivity index is 1.80. The Labute approximate surface area is 196 Å². The van der Waals surface area contributed by atoms with Crippen LogP contribution >= 0.6 is 22.9 Å². The number of para-hydroxylation sites is 1. The molecule has 0 spiro atoms. The topological polar surface area (TPSA) is 99.4 Å². The van der Waals surface area contributed by atoms with Crippen LogP contribution < -0.4 is 16.6 Å². The molecule has 0 aliphatic rings. The van der Waals surface area contributed by atoms with Crippen molar-refractivity contribution >= 4 is 50.7 Å². The predicted molar refractivity (Wildman–Crippen MR) is 128 cm³/mol. The molecule has 10 heteroatoms. The second-order valence-corrected chi connectivity index (χ2v) is 8.82. The molecule has 1 N–H and O–H groups in total. The van der Waals surface area contributed by atoms with E-state index in [2.05, 4.69) is 5.32 Å². The van der Waals surface area contributed by atoms with E-state index in [1.54, 1.807) is 42.5 Å². The van der Waals surface area contributed by atoms with Crippen LogP contribution in [0.4, 0.5) is 5.69 Å². The largest absolute Gasteiger partial charge is 0.465 e. The molecule has 0 aliphatic heterocycles. The lowest BCUT2D eigenvalue weighted by Gasteiger charge is -2.13. The van der Waals surface area contributed by atoms with Crippen molar-refractivity contribution in [1.29, 1.82) is 0 Å². The van der Waals surface area contributed by atoms with Gasteiger partial charge in [-0.1, -0.05) is 29.8 Å². The maximum Gasteiger partial charge on any atom is 0.339 e. The third kappa shape index (κ3) is 4.33. The number of halogens is 1. The van der Waals surface area contributed by atoms with Gasteiger partial charge < -0.3 is 10.1 Å². The van der Waals surface area contributed by atoms with E-state index in [9.17, 15) is 19.2 Å². The van der Waals surface area contributed by atoms with Crippen molar-refractivity contribution in [3.05, 3.63) is 90.9 Å². The summed E-state index contributed by atoms with van der Waals surface area (Å²) < 4.78 is 6.99. The van der Waals surface area contributed by atoms with Crippen LogP contribution in [0, 0.1) is 6.92 Å². The highest BCUT2D eigenvalue weighted by Gasteiger charge is 2.20. The Bertz CT molecular complexity index is 1520. The van der Waals surface area contributed by atoms with Gasteiger partial charge in [-0.2, -0.15) is 0 Å². The van der Waals surface area contributed by atoms with E-state index >= 15 is 0 Å². The number of methoxy groups -OCH3 is 1. The minimum atomic E-state index is -0.673. The quantitative estimate of drug-likeness (QED) is 0.437. The molecule has 168 valence electrons. The molecule has 8 nitrogen and oxygen atoms in total. The minimum Gasteiger partial charge on any atom is -0.465 e. The summed E-state index contributed by atoms with van der Waals surface area (Å²) in [7, 11) is 1.25. The fraction of sp³-hybridized carbons (Fsp3) is 0.130. The standard InChI is InChI=1S/C23H18ClN3O5S/c1-13-10-17-20(29)27(15-7-5-6-14(24)11-15)23(31)26(21(17)33-13)12-19(28)25-18-9-4-3-8-16(18)22(30)32-2/h3-11H,12H2,1-2H3,(H,25,28). The van der Waals surface area contributed by atoms with E-state index in [0.717, 1.165) is 9.44 Å². The first kappa shape index (κ1) is 22.5. The first-order valence-electron chi connectivity index (χ1n) is 9.79. The molecule has 0 aliphatic carbocycles. The number of amides is 1. The number of nitrogens with one attached hydrogen (secondary N) is 1.